The lowest BCUT2D eigenvalue weighted by Crippen LogP contribution is -2.16. The number of carbonyl (C=O) groups excluding carboxylic acids is 1. The number of nitrogens with zero attached hydrogens (tertiary/aromatic N) is 2. The molecule has 3 rings (SSSR count). The molecule has 0 fully saturated rings. The van der Waals surface area contributed by atoms with Crippen molar-refractivity contribution in [1.82, 2.24) is 9.97 Å². The lowest BCUT2D eigenvalue weighted by atomic mass is 10.0. The Morgan fingerprint density at radius 2 is 1.79 bits per heavy atom. The van der Waals surface area contributed by atoms with E-state index < -0.39 is 0 Å². The second-order valence-corrected chi connectivity index (χ2v) is 7.19. The fourth-order valence-corrected chi connectivity index (χ4v) is 2.99. The third-order valence-corrected chi connectivity index (χ3v) is 4.34. The molecule has 0 unspecified atom stereocenters. The fraction of sp³-hybridized carbons (Fsp3) is 0.261. The van der Waals surface area contributed by atoms with Crippen LogP contribution in [0.2, 0.25) is 0 Å². The highest BCUT2D eigenvalue weighted by molar-refractivity contribution is 6.07. The summed E-state index contributed by atoms with van der Waals surface area (Å²) >= 11 is 0. The maximum atomic E-state index is 12.7. The maximum Gasteiger partial charge on any atom is 0.259 e. The van der Waals surface area contributed by atoms with Crippen molar-refractivity contribution in [1.29, 1.82) is 0 Å². The van der Waals surface area contributed by atoms with Gasteiger partial charge < -0.3 is 10.6 Å². The molecule has 28 heavy (non-hydrogen) atoms. The van der Waals surface area contributed by atoms with Gasteiger partial charge in [-0.05, 0) is 60.2 Å². The highest BCUT2D eigenvalue weighted by Gasteiger charge is 2.12. The minimum Gasteiger partial charge on any atom is -0.369 e. The Bertz CT molecular complexity index is 892. The molecule has 0 aliphatic heterocycles. The smallest absolute Gasteiger partial charge is 0.259 e. The van der Waals surface area contributed by atoms with Gasteiger partial charge >= 0.3 is 0 Å². The Morgan fingerprint density at radius 1 is 1.00 bits per heavy atom. The summed E-state index contributed by atoms with van der Waals surface area (Å²) in [5.74, 6) is 1.02. The van der Waals surface area contributed by atoms with Gasteiger partial charge in [-0.2, -0.15) is 0 Å². The van der Waals surface area contributed by atoms with E-state index in [0.717, 1.165) is 24.1 Å². The first-order valence-electron chi connectivity index (χ1n) is 9.60. The highest BCUT2D eigenvalue weighted by atomic mass is 16.1. The van der Waals surface area contributed by atoms with E-state index in [1.807, 2.05) is 30.5 Å². The molecule has 0 aliphatic carbocycles. The molecule has 0 saturated carbocycles. The Hall–Kier alpha value is -3.21. The van der Waals surface area contributed by atoms with Crippen molar-refractivity contribution in [3.8, 4) is 0 Å². The number of aromatic nitrogens is 2. The van der Waals surface area contributed by atoms with E-state index in [1.54, 1.807) is 24.5 Å². The van der Waals surface area contributed by atoms with E-state index in [-0.39, 0.29) is 5.91 Å². The Labute approximate surface area is 166 Å². The molecule has 0 atom stereocenters. The Balaban J connectivity index is 1.62. The summed E-state index contributed by atoms with van der Waals surface area (Å²) in [6, 6.07) is 15.5. The molecular weight excluding hydrogens is 348 g/mol. The summed E-state index contributed by atoms with van der Waals surface area (Å²) in [6.45, 7) is 5.06. The predicted octanol–water partition coefficient (Wildman–Crippen LogP) is 4.58. The van der Waals surface area contributed by atoms with E-state index in [0.29, 0.717) is 23.8 Å². The van der Waals surface area contributed by atoms with Crippen LogP contribution in [0.1, 0.15) is 35.3 Å². The molecular formula is C23H26N4O. The third kappa shape index (κ3) is 5.64. The van der Waals surface area contributed by atoms with E-state index in [1.165, 1.54) is 5.56 Å². The normalized spacial score (nSPS) is 10.7. The van der Waals surface area contributed by atoms with Gasteiger partial charge in [-0.15, -0.1) is 0 Å². The van der Waals surface area contributed by atoms with Crippen LogP contribution < -0.4 is 10.6 Å². The first-order valence-corrected chi connectivity index (χ1v) is 9.60. The summed E-state index contributed by atoms with van der Waals surface area (Å²) in [6.07, 6.45) is 7.12. The van der Waals surface area contributed by atoms with Gasteiger partial charge in [-0.3, -0.25) is 9.78 Å². The van der Waals surface area contributed by atoms with E-state index in [9.17, 15) is 4.79 Å². The number of hydrogen-bond donors (Lipinski definition) is 2. The zero-order chi connectivity index (χ0) is 19.8. The molecule has 144 valence electrons. The minimum atomic E-state index is -0.173. The summed E-state index contributed by atoms with van der Waals surface area (Å²) in [7, 11) is 0. The first kappa shape index (κ1) is 19.5. The molecule has 5 nitrogen and oxygen atoms in total. The highest BCUT2D eigenvalue weighted by Crippen LogP contribution is 2.17. The van der Waals surface area contributed by atoms with Crippen molar-refractivity contribution in [2.24, 2.45) is 5.92 Å². The molecule has 2 N–H and O–H groups in total. The molecule has 1 aromatic carbocycles. The number of benzene rings is 1. The largest absolute Gasteiger partial charge is 0.369 e. The molecule has 3 aromatic rings. The average Bonchev–Trinajstić information content (AvgIpc) is 2.70. The Kier molecular flexibility index (Phi) is 6.73. The van der Waals surface area contributed by atoms with Crippen molar-refractivity contribution in [3.63, 3.8) is 0 Å². The molecule has 0 bridgehead atoms. The van der Waals surface area contributed by atoms with Crippen LogP contribution in [0.3, 0.4) is 0 Å². The lowest BCUT2D eigenvalue weighted by molar-refractivity contribution is 0.102. The average molecular weight is 374 g/mol. The molecule has 0 spiro atoms. The monoisotopic (exact) mass is 374 g/mol. The van der Waals surface area contributed by atoms with E-state index >= 15 is 0 Å². The van der Waals surface area contributed by atoms with Gasteiger partial charge in [-0.1, -0.05) is 32.0 Å². The molecule has 2 heterocycles. The number of rotatable bonds is 8. The lowest BCUT2D eigenvalue weighted by Gasteiger charge is -2.12. The van der Waals surface area contributed by atoms with Crippen molar-refractivity contribution in [2.45, 2.75) is 26.7 Å². The van der Waals surface area contributed by atoms with Crippen LogP contribution in [0.25, 0.3) is 0 Å². The van der Waals surface area contributed by atoms with Gasteiger partial charge in [-0.25, -0.2) is 4.98 Å². The number of pyridine rings is 2. The molecule has 0 saturated heterocycles. The van der Waals surface area contributed by atoms with Crippen molar-refractivity contribution in [2.75, 3.05) is 17.2 Å². The molecule has 2 aromatic heterocycles. The van der Waals surface area contributed by atoms with Crippen LogP contribution in [0.4, 0.5) is 11.5 Å². The van der Waals surface area contributed by atoms with Crippen LogP contribution in [-0.2, 0) is 12.8 Å². The van der Waals surface area contributed by atoms with Crippen molar-refractivity contribution >= 4 is 17.4 Å². The summed E-state index contributed by atoms with van der Waals surface area (Å²) in [4.78, 5) is 21.2. The number of amides is 1. The van der Waals surface area contributed by atoms with Gasteiger partial charge in [0.15, 0.2) is 0 Å². The molecule has 0 radical (unpaired) electrons. The standard InChI is InChI=1S/C23H26N4O/c1-17(2)15-18-7-9-20(10-8-18)27-23(28)21-6-4-13-25-22(21)26-14-11-19-5-3-12-24-16-19/h3-10,12-13,16-17H,11,14-15H2,1-2H3,(H,25,26)(H,27,28). The van der Waals surface area contributed by atoms with Crippen molar-refractivity contribution < 1.29 is 4.79 Å². The van der Waals surface area contributed by atoms with E-state index in [4.69, 9.17) is 0 Å². The van der Waals surface area contributed by atoms with Crippen LogP contribution >= 0.6 is 0 Å². The second kappa shape index (κ2) is 9.65. The quantitative estimate of drug-likeness (QED) is 0.605. The number of hydrogen-bond acceptors (Lipinski definition) is 4. The molecule has 5 heteroatoms. The van der Waals surface area contributed by atoms with Crippen molar-refractivity contribution in [3.05, 3.63) is 83.8 Å². The van der Waals surface area contributed by atoms with Gasteiger partial charge in [0.05, 0.1) is 5.56 Å². The zero-order valence-electron chi connectivity index (χ0n) is 16.4. The van der Waals surface area contributed by atoms with Crippen LogP contribution in [-0.4, -0.2) is 22.4 Å². The predicted molar refractivity (Wildman–Crippen MR) is 114 cm³/mol. The van der Waals surface area contributed by atoms with Crippen LogP contribution in [0, 0.1) is 5.92 Å². The number of carbonyl (C=O) groups is 1. The minimum absolute atomic E-state index is 0.173. The number of anilines is 2. The van der Waals surface area contributed by atoms with Gasteiger partial charge in [0.1, 0.15) is 5.82 Å². The zero-order valence-corrected chi connectivity index (χ0v) is 16.4. The molecule has 1 amide bonds. The SMILES string of the molecule is CC(C)Cc1ccc(NC(=O)c2cccnc2NCCc2cccnc2)cc1. The van der Waals surface area contributed by atoms with Crippen LogP contribution in [0.15, 0.2) is 67.1 Å². The summed E-state index contributed by atoms with van der Waals surface area (Å²) < 4.78 is 0. The van der Waals surface area contributed by atoms with Crippen LogP contribution in [0.5, 0.6) is 0 Å². The van der Waals surface area contributed by atoms with E-state index in [2.05, 4.69) is 46.6 Å². The second-order valence-electron chi connectivity index (χ2n) is 7.19. The first-order chi connectivity index (χ1) is 13.6. The molecule has 0 aliphatic rings. The van der Waals surface area contributed by atoms with Gasteiger partial charge in [0.25, 0.3) is 5.91 Å². The third-order valence-electron chi connectivity index (χ3n) is 4.34. The maximum absolute atomic E-state index is 12.7. The summed E-state index contributed by atoms with van der Waals surface area (Å²) in [5, 5.41) is 6.22. The fourth-order valence-electron chi connectivity index (χ4n) is 2.99. The topological polar surface area (TPSA) is 66.9 Å². The summed E-state index contributed by atoms with van der Waals surface area (Å²) in [5.41, 5.74) is 3.72. The van der Waals surface area contributed by atoms with Gasteiger partial charge in [0, 0.05) is 30.8 Å². The van der Waals surface area contributed by atoms with Gasteiger partial charge in [0.2, 0.25) is 0 Å². The number of nitrogens with one attached hydrogen (secondary N) is 2. The Morgan fingerprint density at radius 3 is 2.50 bits per heavy atom.